The number of rotatable bonds is 3. The molecule has 0 aliphatic rings. The molecule has 3 nitrogen and oxygen atoms in total. The first kappa shape index (κ1) is 32.2. The summed E-state index contributed by atoms with van der Waals surface area (Å²) in [6.45, 7) is 0. The third kappa shape index (κ3) is 4.70. The van der Waals surface area contributed by atoms with E-state index in [0.29, 0.717) is 0 Å². The van der Waals surface area contributed by atoms with Crippen molar-refractivity contribution in [2.75, 3.05) is 0 Å². The Morgan fingerprint density at radius 2 is 0.949 bits per heavy atom. The van der Waals surface area contributed by atoms with Crippen LogP contribution in [0.25, 0.3) is 131 Å². The Balaban J connectivity index is 1.12. The van der Waals surface area contributed by atoms with Gasteiger partial charge in [-0.3, -0.25) is 0 Å². The molecule has 0 spiro atoms. The Hall–Kier alpha value is -7.88. The minimum Gasteiger partial charge on any atom is -0.455 e. The van der Waals surface area contributed by atoms with Gasteiger partial charge in [0.2, 0.25) is 0 Å². The molecule has 0 amide bonds. The number of furan rings is 1. The van der Waals surface area contributed by atoms with Gasteiger partial charge in [0.1, 0.15) is 11.2 Å². The van der Waals surface area contributed by atoms with E-state index >= 15 is 0 Å². The van der Waals surface area contributed by atoms with Crippen LogP contribution in [-0.2, 0) is 0 Å². The molecule has 0 saturated carbocycles. The van der Waals surface area contributed by atoms with Gasteiger partial charge in [-0.15, -0.1) is 0 Å². The molecular weight excluding hydrogens is 717 g/mol. The predicted molar refractivity (Wildman–Crippen MR) is 248 cm³/mol. The van der Waals surface area contributed by atoms with Crippen molar-refractivity contribution in [2.45, 2.75) is 0 Å². The number of pyridine rings is 2. The maximum Gasteiger partial charge on any atom is 0.144 e. The quantitative estimate of drug-likeness (QED) is 0.133. The van der Waals surface area contributed by atoms with Gasteiger partial charge in [-0.2, -0.15) is 0 Å². The van der Waals surface area contributed by atoms with Crippen LogP contribution in [0.3, 0.4) is 0 Å². The largest absolute Gasteiger partial charge is 0.455 e. The Morgan fingerprint density at radius 1 is 0.339 bits per heavy atom. The van der Waals surface area contributed by atoms with E-state index in [1.165, 1.54) is 43.6 Å². The van der Waals surface area contributed by atoms with Gasteiger partial charge in [-0.05, 0) is 85.6 Å². The number of hydrogen-bond acceptors (Lipinski definition) is 3. The van der Waals surface area contributed by atoms with Crippen LogP contribution in [0.1, 0.15) is 0 Å². The molecule has 3 aromatic heterocycles. The van der Waals surface area contributed by atoms with Gasteiger partial charge < -0.3 is 4.42 Å². The van der Waals surface area contributed by atoms with E-state index in [1.54, 1.807) is 0 Å². The lowest BCUT2D eigenvalue weighted by molar-refractivity contribution is 0.673. The van der Waals surface area contributed by atoms with Crippen molar-refractivity contribution >= 4 is 97.7 Å². The van der Waals surface area contributed by atoms with E-state index in [1.807, 2.05) is 6.07 Å². The Labute approximate surface area is 338 Å². The lowest BCUT2D eigenvalue weighted by atomic mass is 9.84. The van der Waals surface area contributed by atoms with Crippen LogP contribution < -0.4 is 0 Å². The summed E-state index contributed by atoms with van der Waals surface area (Å²) in [6, 6.07) is 69.7. The summed E-state index contributed by atoms with van der Waals surface area (Å²) in [6.07, 6.45) is 0. The topological polar surface area (TPSA) is 38.9 Å². The van der Waals surface area contributed by atoms with Crippen LogP contribution in [0, 0.1) is 0 Å². The van der Waals surface area contributed by atoms with Crippen molar-refractivity contribution in [3.05, 3.63) is 194 Å². The van der Waals surface area contributed by atoms with Crippen LogP contribution in [0.5, 0.6) is 0 Å². The van der Waals surface area contributed by atoms with Gasteiger partial charge >= 0.3 is 0 Å². The third-order valence-corrected chi connectivity index (χ3v) is 12.4. The second-order valence-electron chi connectivity index (χ2n) is 15.6. The van der Waals surface area contributed by atoms with Gasteiger partial charge in [0.25, 0.3) is 0 Å². The molecule has 0 N–H and O–H groups in total. The minimum atomic E-state index is 0.889. The number of fused-ring (bicyclic) bond motifs is 13. The first-order valence-electron chi connectivity index (χ1n) is 20.2. The van der Waals surface area contributed by atoms with E-state index in [9.17, 15) is 0 Å². The van der Waals surface area contributed by atoms with Crippen molar-refractivity contribution in [1.29, 1.82) is 0 Å². The molecule has 0 saturated heterocycles. The number of aromatic nitrogens is 2. The van der Waals surface area contributed by atoms with E-state index in [0.717, 1.165) is 87.6 Å². The second kappa shape index (κ2) is 12.3. The number of benzene rings is 10. The monoisotopic (exact) mass is 748 g/mol. The van der Waals surface area contributed by atoms with E-state index in [4.69, 9.17) is 14.4 Å². The molecule has 0 unspecified atom stereocenters. The summed E-state index contributed by atoms with van der Waals surface area (Å²) in [5, 5.41) is 14.9. The molecule has 0 radical (unpaired) electrons. The van der Waals surface area contributed by atoms with Crippen molar-refractivity contribution in [3.63, 3.8) is 0 Å². The van der Waals surface area contributed by atoms with Gasteiger partial charge in [0, 0.05) is 48.7 Å². The smallest absolute Gasteiger partial charge is 0.144 e. The first-order valence-corrected chi connectivity index (χ1v) is 20.2. The zero-order valence-corrected chi connectivity index (χ0v) is 31.8. The number of hydrogen-bond donors (Lipinski definition) is 0. The fourth-order valence-electron chi connectivity index (χ4n) is 9.79. The van der Waals surface area contributed by atoms with Crippen molar-refractivity contribution < 1.29 is 4.42 Å². The third-order valence-electron chi connectivity index (χ3n) is 12.4. The first-order chi connectivity index (χ1) is 29.3. The average molecular weight is 749 g/mol. The zero-order valence-electron chi connectivity index (χ0n) is 31.8. The molecule has 3 heterocycles. The molecule has 10 aromatic carbocycles. The minimum absolute atomic E-state index is 0.889. The van der Waals surface area contributed by atoms with Crippen LogP contribution in [-0.4, -0.2) is 9.97 Å². The highest BCUT2D eigenvalue weighted by molar-refractivity contribution is 6.28. The lowest BCUT2D eigenvalue weighted by Gasteiger charge is -2.20. The summed E-state index contributed by atoms with van der Waals surface area (Å²) in [5.41, 5.74) is 11.5. The summed E-state index contributed by atoms with van der Waals surface area (Å²) in [7, 11) is 0. The standard InChI is InChI=1S/C56H32N2O/c1-2-14-33(15-3-1)54-46-29-28-44-38-18-11-13-25-50(38)59-56(44)53(46)45-27-26-35(32-49(45)58-54)51-39-19-6-8-21-41(39)52(42-22-9-7-20-40(42)51)47-31-36-30-34-16-4-12-24-48(34)57-55(36)43-23-10-5-17-37(43)47/h1-32H. The Kier molecular flexibility index (Phi) is 6.72. The van der Waals surface area contributed by atoms with Crippen LogP contribution >= 0.6 is 0 Å². The van der Waals surface area contributed by atoms with E-state index in [2.05, 4.69) is 188 Å². The molecule has 59 heavy (non-hydrogen) atoms. The van der Waals surface area contributed by atoms with Gasteiger partial charge in [-0.25, -0.2) is 9.97 Å². The molecule has 272 valence electrons. The van der Waals surface area contributed by atoms with E-state index in [-0.39, 0.29) is 0 Å². The summed E-state index contributed by atoms with van der Waals surface area (Å²) < 4.78 is 6.70. The molecule has 13 aromatic rings. The molecular formula is C56H32N2O. The van der Waals surface area contributed by atoms with Crippen molar-refractivity contribution in [2.24, 2.45) is 0 Å². The fourth-order valence-corrected chi connectivity index (χ4v) is 9.79. The molecule has 0 atom stereocenters. The number of nitrogens with zero attached hydrogens (tertiary/aromatic N) is 2. The fraction of sp³-hybridized carbons (Fsp3) is 0. The molecule has 3 heteroatoms. The number of para-hydroxylation sites is 2. The highest BCUT2D eigenvalue weighted by Crippen LogP contribution is 2.48. The van der Waals surface area contributed by atoms with Crippen LogP contribution in [0.2, 0.25) is 0 Å². The molecule has 0 fully saturated rings. The lowest BCUT2D eigenvalue weighted by Crippen LogP contribution is -1.94. The SMILES string of the molecule is c1ccc(-c2nc3cc(-c4c5ccccc5c(-c5cc6cc7ccccc7nc6c6ccccc56)c5ccccc45)ccc3c3c2ccc2c4ccccc4oc23)cc1. The van der Waals surface area contributed by atoms with Gasteiger partial charge in [0.05, 0.1) is 22.2 Å². The highest BCUT2D eigenvalue weighted by atomic mass is 16.3. The van der Waals surface area contributed by atoms with Crippen LogP contribution in [0.15, 0.2) is 199 Å². The molecule has 0 aliphatic carbocycles. The molecule has 13 rings (SSSR count). The van der Waals surface area contributed by atoms with E-state index < -0.39 is 0 Å². The van der Waals surface area contributed by atoms with Crippen LogP contribution in [0.4, 0.5) is 0 Å². The summed E-state index contributed by atoms with van der Waals surface area (Å²) >= 11 is 0. The predicted octanol–water partition coefficient (Wildman–Crippen LogP) is 15.4. The highest BCUT2D eigenvalue weighted by Gasteiger charge is 2.22. The Bertz CT molecular complexity index is 3840. The van der Waals surface area contributed by atoms with Gasteiger partial charge in [0.15, 0.2) is 0 Å². The molecule has 0 bridgehead atoms. The normalized spacial score (nSPS) is 12.1. The van der Waals surface area contributed by atoms with Crippen molar-refractivity contribution in [1.82, 2.24) is 9.97 Å². The average Bonchev–Trinajstić information content (AvgIpc) is 3.69. The zero-order chi connectivity index (χ0) is 38.6. The van der Waals surface area contributed by atoms with Gasteiger partial charge in [-0.1, -0.05) is 158 Å². The summed E-state index contributed by atoms with van der Waals surface area (Å²) in [5.74, 6) is 0. The maximum absolute atomic E-state index is 6.70. The second-order valence-corrected chi connectivity index (χ2v) is 15.6. The van der Waals surface area contributed by atoms with Crippen molar-refractivity contribution in [3.8, 4) is 33.5 Å². The Morgan fingerprint density at radius 3 is 1.73 bits per heavy atom. The summed E-state index contributed by atoms with van der Waals surface area (Å²) in [4.78, 5) is 10.7. The maximum atomic E-state index is 6.70. The molecule has 0 aliphatic heterocycles.